The molecule has 0 spiro atoms. The van der Waals surface area contributed by atoms with E-state index in [1.54, 1.807) is 0 Å². The predicted octanol–water partition coefficient (Wildman–Crippen LogP) is 4.63. The summed E-state index contributed by atoms with van der Waals surface area (Å²) < 4.78 is 32.9. The highest BCUT2D eigenvalue weighted by Gasteiger charge is 2.24. The lowest BCUT2D eigenvalue weighted by atomic mass is 10.0. The summed E-state index contributed by atoms with van der Waals surface area (Å²) in [5.41, 5.74) is 9.32. The molecule has 1 heterocycles. The van der Waals surface area contributed by atoms with Crippen LogP contribution in [0.1, 0.15) is 23.6 Å². The number of nitrogens with zero attached hydrogens (tertiary/aromatic N) is 3. The van der Waals surface area contributed by atoms with E-state index in [9.17, 15) is 18.7 Å². The Morgan fingerprint density at radius 1 is 1.00 bits per heavy atom. The molecule has 0 radical (unpaired) electrons. The van der Waals surface area contributed by atoms with Gasteiger partial charge in [0, 0.05) is 30.8 Å². The van der Waals surface area contributed by atoms with Crippen molar-refractivity contribution in [2.24, 2.45) is 5.73 Å². The van der Waals surface area contributed by atoms with Gasteiger partial charge in [0.25, 0.3) is 5.22 Å². The second-order valence-electron chi connectivity index (χ2n) is 9.19. The van der Waals surface area contributed by atoms with E-state index in [0.29, 0.717) is 11.5 Å². The van der Waals surface area contributed by atoms with Crippen LogP contribution < -0.4 is 5.73 Å². The quantitative estimate of drug-likeness (QED) is 0.247. The van der Waals surface area contributed by atoms with Crippen molar-refractivity contribution in [3.05, 3.63) is 101 Å². The predicted molar refractivity (Wildman–Crippen MR) is 146 cm³/mol. The average Bonchev–Trinajstić information content (AvgIpc) is 3.40. The molecule has 2 atom stereocenters. The van der Waals surface area contributed by atoms with Gasteiger partial charge in [-0.3, -0.25) is 4.79 Å². The Morgan fingerprint density at radius 3 is 2.44 bits per heavy atom. The minimum atomic E-state index is -1.13. The fourth-order valence-corrected chi connectivity index (χ4v) is 4.77. The van der Waals surface area contributed by atoms with Gasteiger partial charge in [0.1, 0.15) is 11.6 Å². The standard InChI is InChI=1S/C29H30F2N4O3S/c1-2-19-7-6-8-20(11-19)16-35(17-26(36)25(32)14-21-12-23(30)15-24(31)13-21)27(37)18-39-29-34-33-28(38-29)22-9-4-3-5-10-22/h3-13,15,25-26,36H,2,14,16-18,32H2,1H3/t25-,26+/m0/s1. The van der Waals surface area contributed by atoms with Crippen LogP contribution in [-0.2, 0) is 24.2 Å². The number of carbonyl (C=O) groups excluding carboxylic acids is 1. The zero-order chi connectivity index (χ0) is 27.8. The average molecular weight is 553 g/mol. The van der Waals surface area contributed by atoms with Gasteiger partial charge in [0.15, 0.2) is 0 Å². The zero-order valence-electron chi connectivity index (χ0n) is 21.5. The van der Waals surface area contributed by atoms with Crippen molar-refractivity contribution in [2.75, 3.05) is 12.3 Å². The third kappa shape index (κ3) is 8.19. The maximum atomic E-state index is 13.6. The molecule has 0 saturated carbocycles. The van der Waals surface area contributed by atoms with Gasteiger partial charge in [-0.25, -0.2) is 8.78 Å². The normalized spacial score (nSPS) is 12.7. The van der Waals surface area contributed by atoms with E-state index < -0.39 is 23.8 Å². The van der Waals surface area contributed by atoms with Crippen LogP contribution in [0.15, 0.2) is 82.4 Å². The minimum Gasteiger partial charge on any atom is -0.411 e. The molecule has 3 N–H and O–H groups in total. The summed E-state index contributed by atoms with van der Waals surface area (Å²) in [7, 11) is 0. The van der Waals surface area contributed by atoms with E-state index in [2.05, 4.69) is 10.2 Å². The Morgan fingerprint density at radius 2 is 1.72 bits per heavy atom. The molecule has 39 heavy (non-hydrogen) atoms. The minimum absolute atomic E-state index is 0.000950. The Kier molecular flexibility index (Phi) is 9.80. The lowest BCUT2D eigenvalue weighted by Gasteiger charge is -2.28. The summed E-state index contributed by atoms with van der Waals surface area (Å²) in [6, 6.07) is 19.5. The molecular weight excluding hydrogens is 522 g/mol. The van der Waals surface area contributed by atoms with E-state index in [4.69, 9.17) is 10.2 Å². The second-order valence-corrected chi connectivity index (χ2v) is 10.1. The Labute approximate surface area is 230 Å². The van der Waals surface area contributed by atoms with Crippen molar-refractivity contribution < 1.29 is 23.1 Å². The lowest BCUT2D eigenvalue weighted by Crippen LogP contribution is -2.46. The number of halogens is 2. The third-order valence-electron chi connectivity index (χ3n) is 6.17. The first-order valence-electron chi connectivity index (χ1n) is 12.6. The monoisotopic (exact) mass is 552 g/mol. The van der Waals surface area contributed by atoms with E-state index in [-0.39, 0.29) is 36.4 Å². The first-order chi connectivity index (χ1) is 18.8. The van der Waals surface area contributed by atoms with Gasteiger partial charge in [-0.1, -0.05) is 61.2 Å². The molecule has 0 aliphatic rings. The number of hydrogen-bond acceptors (Lipinski definition) is 7. The maximum absolute atomic E-state index is 13.6. The number of rotatable bonds is 12. The van der Waals surface area contributed by atoms with Crippen LogP contribution in [0, 0.1) is 11.6 Å². The van der Waals surface area contributed by atoms with Crippen molar-refractivity contribution >= 4 is 17.7 Å². The van der Waals surface area contributed by atoms with Crippen LogP contribution >= 0.6 is 11.8 Å². The van der Waals surface area contributed by atoms with Gasteiger partial charge in [0.2, 0.25) is 11.8 Å². The third-order valence-corrected chi connectivity index (χ3v) is 6.97. The van der Waals surface area contributed by atoms with Gasteiger partial charge in [-0.15, -0.1) is 10.2 Å². The number of hydrogen-bond donors (Lipinski definition) is 2. The van der Waals surface area contributed by atoms with Crippen LogP contribution in [0.5, 0.6) is 0 Å². The fourth-order valence-electron chi connectivity index (χ4n) is 4.10. The summed E-state index contributed by atoms with van der Waals surface area (Å²) in [4.78, 5) is 14.8. The maximum Gasteiger partial charge on any atom is 0.277 e. The smallest absolute Gasteiger partial charge is 0.277 e. The number of aliphatic hydroxyl groups is 1. The molecule has 4 rings (SSSR count). The van der Waals surface area contributed by atoms with Gasteiger partial charge in [-0.05, 0) is 53.8 Å². The summed E-state index contributed by atoms with van der Waals surface area (Å²) in [6.07, 6.45) is -0.244. The van der Waals surface area contributed by atoms with Gasteiger partial charge in [0.05, 0.1) is 11.9 Å². The number of aromatic nitrogens is 2. The summed E-state index contributed by atoms with van der Waals surface area (Å²) in [5.74, 6) is -1.33. The molecule has 0 bridgehead atoms. The van der Waals surface area contributed by atoms with E-state index in [0.717, 1.165) is 40.9 Å². The molecule has 0 saturated heterocycles. The van der Waals surface area contributed by atoms with Crippen LogP contribution in [0.4, 0.5) is 8.78 Å². The molecule has 1 aromatic heterocycles. The summed E-state index contributed by atoms with van der Waals surface area (Å²) in [5, 5.41) is 19.2. The molecule has 0 aliphatic carbocycles. The Hall–Kier alpha value is -3.60. The fraction of sp³-hybridized carbons (Fsp3) is 0.276. The summed E-state index contributed by atoms with van der Waals surface area (Å²) in [6.45, 7) is 2.24. The molecule has 0 aliphatic heterocycles. The van der Waals surface area contributed by atoms with Crippen LogP contribution in [0.3, 0.4) is 0 Å². The largest absolute Gasteiger partial charge is 0.411 e. The summed E-state index contributed by atoms with van der Waals surface area (Å²) >= 11 is 1.10. The number of nitrogens with two attached hydrogens (primary N) is 1. The van der Waals surface area contributed by atoms with Gasteiger partial charge in [-0.2, -0.15) is 0 Å². The highest BCUT2D eigenvalue weighted by atomic mass is 32.2. The van der Waals surface area contributed by atoms with Crippen LogP contribution in [0.25, 0.3) is 11.5 Å². The number of carbonyl (C=O) groups is 1. The topological polar surface area (TPSA) is 105 Å². The van der Waals surface area contributed by atoms with Crippen LogP contribution in [0.2, 0.25) is 0 Å². The van der Waals surface area contributed by atoms with Crippen molar-refractivity contribution in [3.8, 4) is 11.5 Å². The number of aryl methyl sites for hydroxylation is 1. The number of thioether (sulfide) groups is 1. The first-order valence-corrected chi connectivity index (χ1v) is 13.5. The Bertz CT molecular complexity index is 1370. The highest BCUT2D eigenvalue weighted by molar-refractivity contribution is 7.99. The molecule has 204 valence electrons. The molecule has 10 heteroatoms. The van der Waals surface area contributed by atoms with E-state index in [1.807, 2.05) is 61.5 Å². The molecule has 0 unspecified atom stereocenters. The Balaban J connectivity index is 1.44. The SMILES string of the molecule is CCc1cccc(CN(C[C@@H](O)[C@@H](N)Cc2cc(F)cc(F)c2)C(=O)CSc2nnc(-c3ccccc3)o2)c1. The number of amides is 1. The number of aliphatic hydroxyl groups excluding tert-OH is 1. The molecule has 3 aromatic carbocycles. The van der Waals surface area contributed by atoms with Crippen molar-refractivity contribution in [1.82, 2.24) is 15.1 Å². The molecule has 0 fully saturated rings. The highest BCUT2D eigenvalue weighted by Crippen LogP contribution is 2.23. The molecule has 1 amide bonds. The van der Waals surface area contributed by atoms with Crippen LogP contribution in [-0.4, -0.2) is 50.6 Å². The molecule has 4 aromatic rings. The van der Waals surface area contributed by atoms with Gasteiger partial charge < -0.3 is 20.2 Å². The first kappa shape index (κ1) is 28.4. The van der Waals surface area contributed by atoms with E-state index >= 15 is 0 Å². The zero-order valence-corrected chi connectivity index (χ0v) is 22.3. The lowest BCUT2D eigenvalue weighted by molar-refractivity contribution is -0.130. The van der Waals surface area contributed by atoms with Crippen molar-refractivity contribution in [3.63, 3.8) is 0 Å². The van der Waals surface area contributed by atoms with Crippen molar-refractivity contribution in [2.45, 2.75) is 43.7 Å². The second kappa shape index (κ2) is 13.5. The van der Waals surface area contributed by atoms with E-state index in [1.165, 1.54) is 17.0 Å². The van der Waals surface area contributed by atoms with Crippen molar-refractivity contribution in [1.29, 1.82) is 0 Å². The molecular formula is C29H30F2N4O3S. The molecule has 7 nitrogen and oxygen atoms in total. The van der Waals surface area contributed by atoms with Gasteiger partial charge >= 0.3 is 0 Å². The number of benzene rings is 3.